The van der Waals surface area contributed by atoms with E-state index in [0.717, 1.165) is 25.6 Å². The molecule has 0 aliphatic carbocycles. The molecule has 0 bridgehead atoms. The van der Waals surface area contributed by atoms with E-state index >= 15 is 0 Å². The van der Waals surface area contributed by atoms with Crippen molar-refractivity contribution in [1.82, 2.24) is 15.1 Å². The first-order valence-corrected chi connectivity index (χ1v) is 8.71. The molecule has 2 rings (SSSR count). The lowest BCUT2D eigenvalue weighted by atomic mass is 10.3. The predicted octanol–water partition coefficient (Wildman–Crippen LogP) is 1.72. The van der Waals surface area contributed by atoms with Gasteiger partial charge in [0.15, 0.2) is 17.5 Å². The summed E-state index contributed by atoms with van der Waals surface area (Å²) in [6.07, 6.45) is -0.246. The summed E-state index contributed by atoms with van der Waals surface area (Å²) < 4.78 is 19.3. The highest BCUT2D eigenvalue weighted by atomic mass is 19.1. The minimum Gasteiger partial charge on any atom is -0.486 e. The van der Waals surface area contributed by atoms with Crippen LogP contribution in [0.5, 0.6) is 5.75 Å². The Kier molecular flexibility index (Phi) is 7.03. The van der Waals surface area contributed by atoms with Crippen LogP contribution >= 0.6 is 0 Å². The Morgan fingerprint density at radius 1 is 1.28 bits per heavy atom. The Labute approximate surface area is 148 Å². The van der Waals surface area contributed by atoms with Crippen molar-refractivity contribution in [1.29, 1.82) is 0 Å². The summed E-state index contributed by atoms with van der Waals surface area (Å²) in [5.41, 5.74) is 0. The van der Waals surface area contributed by atoms with Gasteiger partial charge in [0.2, 0.25) is 5.91 Å². The molecule has 1 N–H and O–H groups in total. The third kappa shape index (κ3) is 5.62. The second-order valence-electron chi connectivity index (χ2n) is 6.05. The van der Waals surface area contributed by atoms with E-state index in [1.165, 1.54) is 6.07 Å². The number of hydrogen-bond acceptors (Lipinski definition) is 3. The number of ether oxygens (including phenoxy) is 1. The molecular formula is C18H27FN4O2. The van der Waals surface area contributed by atoms with Gasteiger partial charge in [-0.2, -0.15) is 0 Å². The molecule has 138 valence electrons. The fraction of sp³-hybridized carbons (Fsp3) is 0.556. The van der Waals surface area contributed by atoms with Crippen molar-refractivity contribution in [3.8, 4) is 5.75 Å². The maximum absolute atomic E-state index is 13.6. The van der Waals surface area contributed by atoms with E-state index in [1.54, 1.807) is 25.1 Å². The van der Waals surface area contributed by atoms with Crippen molar-refractivity contribution in [3.05, 3.63) is 30.1 Å². The minimum atomic E-state index is -0.370. The van der Waals surface area contributed by atoms with Gasteiger partial charge in [-0.1, -0.05) is 12.1 Å². The summed E-state index contributed by atoms with van der Waals surface area (Å²) in [4.78, 5) is 20.0. The van der Waals surface area contributed by atoms with E-state index in [2.05, 4.69) is 15.2 Å². The van der Waals surface area contributed by atoms with Gasteiger partial charge in [0.1, 0.15) is 6.10 Å². The number of piperazine rings is 1. The molecule has 1 aromatic carbocycles. The zero-order valence-corrected chi connectivity index (χ0v) is 15.2. The maximum atomic E-state index is 13.6. The molecule has 1 saturated heterocycles. The summed E-state index contributed by atoms with van der Waals surface area (Å²) in [6, 6.07) is 6.37. The van der Waals surface area contributed by atoms with Gasteiger partial charge in [0.05, 0.1) is 6.54 Å². The molecule has 0 aromatic heterocycles. The molecule has 1 fully saturated rings. The molecular weight excluding hydrogens is 323 g/mol. The molecule has 0 spiro atoms. The number of halogens is 1. The fourth-order valence-electron chi connectivity index (χ4n) is 2.67. The van der Waals surface area contributed by atoms with Gasteiger partial charge < -0.3 is 19.9 Å². The number of para-hydroxylation sites is 1. The lowest BCUT2D eigenvalue weighted by Crippen LogP contribution is -2.53. The molecule has 1 aliphatic heterocycles. The van der Waals surface area contributed by atoms with E-state index in [1.807, 2.05) is 18.7 Å². The molecule has 7 heteroatoms. The topological polar surface area (TPSA) is 57.2 Å². The number of carbonyl (C=O) groups is 1. The van der Waals surface area contributed by atoms with Crippen LogP contribution in [0, 0.1) is 5.82 Å². The van der Waals surface area contributed by atoms with Gasteiger partial charge in [-0.05, 0) is 26.0 Å². The molecule has 6 nitrogen and oxygen atoms in total. The summed E-state index contributed by atoms with van der Waals surface area (Å²) in [6.45, 7) is 9.53. The van der Waals surface area contributed by atoms with Crippen LogP contribution in [0.3, 0.4) is 0 Å². The Morgan fingerprint density at radius 2 is 1.92 bits per heavy atom. The quantitative estimate of drug-likeness (QED) is 0.649. The Balaban J connectivity index is 1.93. The first-order chi connectivity index (χ1) is 12.0. The number of carbonyl (C=O) groups excluding carboxylic acids is 1. The van der Waals surface area contributed by atoms with E-state index in [4.69, 9.17) is 4.74 Å². The molecule has 1 unspecified atom stereocenters. The van der Waals surface area contributed by atoms with Crippen molar-refractivity contribution in [2.45, 2.75) is 26.9 Å². The summed E-state index contributed by atoms with van der Waals surface area (Å²) in [5.74, 6) is 0.777. The van der Waals surface area contributed by atoms with Crippen molar-refractivity contribution in [2.75, 3.05) is 39.3 Å². The number of benzene rings is 1. The maximum Gasteiger partial charge on any atom is 0.219 e. The molecule has 25 heavy (non-hydrogen) atoms. The number of hydrogen-bond donors (Lipinski definition) is 1. The van der Waals surface area contributed by atoms with Gasteiger partial charge in [0, 0.05) is 39.6 Å². The normalized spacial score (nSPS) is 16.6. The SMILES string of the molecule is CCNC(=NCC(C)Oc1ccccc1F)N1CCN(C(C)=O)CC1. The Bertz CT molecular complexity index is 600. The van der Waals surface area contributed by atoms with Crippen molar-refractivity contribution in [3.63, 3.8) is 0 Å². The average molecular weight is 350 g/mol. The fourth-order valence-corrected chi connectivity index (χ4v) is 2.67. The van der Waals surface area contributed by atoms with Gasteiger partial charge in [-0.15, -0.1) is 0 Å². The van der Waals surface area contributed by atoms with Crippen LogP contribution in [-0.4, -0.2) is 67.0 Å². The monoisotopic (exact) mass is 350 g/mol. The second-order valence-corrected chi connectivity index (χ2v) is 6.05. The first kappa shape index (κ1) is 19.0. The van der Waals surface area contributed by atoms with Gasteiger partial charge in [-0.3, -0.25) is 4.79 Å². The van der Waals surface area contributed by atoms with Gasteiger partial charge in [-0.25, -0.2) is 9.38 Å². The summed E-state index contributed by atoms with van der Waals surface area (Å²) in [7, 11) is 0. The first-order valence-electron chi connectivity index (χ1n) is 8.71. The van der Waals surface area contributed by atoms with Gasteiger partial charge >= 0.3 is 0 Å². The van der Waals surface area contributed by atoms with Crippen LogP contribution in [0.1, 0.15) is 20.8 Å². The molecule has 1 heterocycles. The Morgan fingerprint density at radius 3 is 2.52 bits per heavy atom. The Hall–Kier alpha value is -2.31. The average Bonchev–Trinajstić information content (AvgIpc) is 2.60. The van der Waals surface area contributed by atoms with Crippen molar-refractivity contribution >= 4 is 11.9 Å². The van der Waals surface area contributed by atoms with Crippen LogP contribution in [0.25, 0.3) is 0 Å². The number of rotatable bonds is 5. The summed E-state index contributed by atoms with van der Waals surface area (Å²) >= 11 is 0. The molecule has 1 amide bonds. The number of amides is 1. The third-order valence-electron chi connectivity index (χ3n) is 4.02. The smallest absolute Gasteiger partial charge is 0.219 e. The third-order valence-corrected chi connectivity index (χ3v) is 4.02. The van der Waals surface area contributed by atoms with Crippen LogP contribution in [-0.2, 0) is 4.79 Å². The number of aliphatic imine (C=N–C) groups is 1. The standard InChI is InChI=1S/C18H27FN4O2/c1-4-20-18(23-11-9-22(10-12-23)15(3)24)21-13-14(2)25-17-8-6-5-7-16(17)19/h5-8,14H,4,9-13H2,1-3H3,(H,20,21). The molecule has 1 aliphatic rings. The van der Waals surface area contributed by atoms with Crippen LogP contribution in [0.4, 0.5) is 4.39 Å². The van der Waals surface area contributed by atoms with Crippen LogP contribution in [0.15, 0.2) is 29.3 Å². The number of nitrogens with one attached hydrogen (secondary N) is 1. The number of nitrogens with zero attached hydrogens (tertiary/aromatic N) is 3. The molecule has 0 saturated carbocycles. The largest absolute Gasteiger partial charge is 0.486 e. The minimum absolute atomic E-state index is 0.105. The highest BCUT2D eigenvalue weighted by molar-refractivity contribution is 5.80. The van der Waals surface area contributed by atoms with E-state index < -0.39 is 0 Å². The molecule has 1 aromatic rings. The van der Waals surface area contributed by atoms with E-state index in [0.29, 0.717) is 19.6 Å². The highest BCUT2D eigenvalue weighted by Gasteiger charge is 2.21. The van der Waals surface area contributed by atoms with E-state index in [9.17, 15) is 9.18 Å². The zero-order valence-electron chi connectivity index (χ0n) is 15.2. The number of guanidine groups is 1. The molecule has 0 radical (unpaired) electrons. The predicted molar refractivity (Wildman–Crippen MR) is 96.3 cm³/mol. The highest BCUT2D eigenvalue weighted by Crippen LogP contribution is 2.17. The zero-order chi connectivity index (χ0) is 18.2. The van der Waals surface area contributed by atoms with Crippen molar-refractivity contribution in [2.24, 2.45) is 4.99 Å². The van der Waals surface area contributed by atoms with Crippen LogP contribution in [0.2, 0.25) is 0 Å². The van der Waals surface area contributed by atoms with Crippen LogP contribution < -0.4 is 10.1 Å². The van der Waals surface area contributed by atoms with E-state index in [-0.39, 0.29) is 23.6 Å². The molecule has 1 atom stereocenters. The lowest BCUT2D eigenvalue weighted by Gasteiger charge is -2.36. The lowest BCUT2D eigenvalue weighted by molar-refractivity contribution is -0.130. The van der Waals surface area contributed by atoms with Gasteiger partial charge in [0.25, 0.3) is 0 Å². The van der Waals surface area contributed by atoms with Crippen molar-refractivity contribution < 1.29 is 13.9 Å². The summed E-state index contributed by atoms with van der Waals surface area (Å²) in [5, 5.41) is 3.27. The second kappa shape index (κ2) is 9.25.